The van der Waals surface area contributed by atoms with Crippen LogP contribution in [0.3, 0.4) is 0 Å². The number of allylic oxidation sites excluding steroid dienone is 4. The summed E-state index contributed by atoms with van der Waals surface area (Å²) < 4.78 is 5.19. The van der Waals surface area contributed by atoms with E-state index in [0.29, 0.717) is 6.61 Å². The standard InChI is InChI=1S/C15H19NO2/c1-2-18-14(17)15(11-16,12-7-3-4-8-12)13-9-5-6-10-13/h3,5,7,9,12-13H,2,4,6,8,10H2,1H3/t12-,13-/m1/s1. The van der Waals surface area contributed by atoms with Crippen LogP contribution in [-0.4, -0.2) is 12.6 Å². The highest BCUT2D eigenvalue weighted by atomic mass is 16.5. The van der Waals surface area contributed by atoms with Crippen molar-refractivity contribution in [2.45, 2.75) is 32.6 Å². The van der Waals surface area contributed by atoms with Crippen molar-refractivity contribution in [3.05, 3.63) is 24.3 Å². The monoisotopic (exact) mass is 245 g/mol. The minimum atomic E-state index is -1.02. The third kappa shape index (κ3) is 1.96. The molecule has 0 bridgehead atoms. The number of ether oxygens (including phenoxy) is 1. The van der Waals surface area contributed by atoms with Crippen LogP contribution in [-0.2, 0) is 9.53 Å². The minimum Gasteiger partial charge on any atom is -0.465 e. The Balaban J connectivity index is 2.35. The van der Waals surface area contributed by atoms with Crippen molar-refractivity contribution >= 4 is 5.97 Å². The lowest BCUT2D eigenvalue weighted by Crippen LogP contribution is -2.43. The highest BCUT2D eigenvalue weighted by molar-refractivity contribution is 5.82. The van der Waals surface area contributed by atoms with Crippen molar-refractivity contribution in [2.24, 2.45) is 17.3 Å². The summed E-state index contributed by atoms with van der Waals surface area (Å²) in [4.78, 5) is 12.4. The molecule has 2 rings (SSSR count). The maximum atomic E-state index is 12.4. The summed E-state index contributed by atoms with van der Waals surface area (Å²) in [5.41, 5.74) is -1.02. The van der Waals surface area contributed by atoms with E-state index in [1.54, 1.807) is 6.92 Å². The molecule has 0 amide bonds. The fourth-order valence-corrected chi connectivity index (χ4v) is 3.06. The Morgan fingerprint density at radius 1 is 1.33 bits per heavy atom. The molecule has 0 radical (unpaired) electrons. The lowest BCUT2D eigenvalue weighted by Gasteiger charge is -2.34. The third-order valence-corrected chi connectivity index (χ3v) is 3.99. The molecule has 3 nitrogen and oxygen atoms in total. The molecule has 2 aliphatic rings. The highest BCUT2D eigenvalue weighted by Gasteiger charge is 2.52. The predicted molar refractivity (Wildman–Crippen MR) is 68.4 cm³/mol. The fraction of sp³-hybridized carbons (Fsp3) is 0.600. The van der Waals surface area contributed by atoms with E-state index in [9.17, 15) is 10.1 Å². The van der Waals surface area contributed by atoms with Gasteiger partial charge in [0.25, 0.3) is 0 Å². The maximum absolute atomic E-state index is 12.4. The van der Waals surface area contributed by atoms with Crippen LogP contribution in [0, 0.1) is 28.6 Å². The van der Waals surface area contributed by atoms with Crippen LogP contribution in [0.15, 0.2) is 24.3 Å². The molecular weight excluding hydrogens is 226 g/mol. The molecule has 0 heterocycles. The number of nitrogens with zero attached hydrogens (tertiary/aromatic N) is 1. The Morgan fingerprint density at radius 2 is 1.89 bits per heavy atom. The molecule has 0 aromatic carbocycles. The molecule has 0 unspecified atom stereocenters. The second-order valence-corrected chi connectivity index (χ2v) is 4.93. The zero-order chi connectivity index (χ0) is 13.0. The van der Waals surface area contributed by atoms with E-state index in [2.05, 4.69) is 18.2 Å². The molecule has 3 heteroatoms. The van der Waals surface area contributed by atoms with Gasteiger partial charge >= 0.3 is 5.97 Å². The summed E-state index contributed by atoms with van der Waals surface area (Å²) in [5.74, 6) is -0.357. The van der Waals surface area contributed by atoms with Crippen molar-refractivity contribution in [2.75, 3.05) is 6.61 Å². The van der Waals surface area contributed by atoms with Gasteiger partial charge in [0.1, 0.15) is 0 Å². The van der Waals surface area contributed by atoms with E-state index in [4.69, 9.17) is 4.74 Å². The largest absolute Gasteiger partial charge is 0.465 e. The molecule has 18 heavy (non-hydrogen) atoms. The van der Waals surface area contributed by atoms with Gasteiger partial charge in [-0.05, 0) is 32.6 Å². The van der Waals surface area contributed by atoms with E-state index in [0.717, 1.165) is 25.7 Å². The van der Waals surface area contributed by atoms with Gasteiger partial charge in [-0.3, -0.25) is 4.79 Å². The number of carbonyl (C=O) groups excluding carboxylic acids is 1. The van der Waals surface area contributed by atoms with Crippen molar-refractivity contribution in [1.29, 1.82) is 5.26 Å². The van der Waals surface area contributed by atoms with Gasteiger partial charge in [-0.15, -0.1) is 0 Å². The summed E-state index contributed by atoms with van der Waals surface area (Å²) in [6, 6.07) is 2.31. The van der Waals surface area contributed by atoms with Gasteiger partial charge in [0.15, 0.2) is 5.41 Å². The van der Waals surface area contributed by atoms with Crippen LogP contribution in [0.4, 0.5) is 0 Å². The Kier molecular flexibility index (Phi) is 3.86. The SMILES string of the molecule is CCOC(=O)C(C#N)([C@@H]1C=CCC1)[C@@H]1C=CCC1. The topological polar surface area (TPSA) is 50.1 Å². The maximum Gasteiger partial charge on any atom is 0.327 e. The highest BCUT2D eigenvalue weighted by Crippen LogP contribution is 2.46. The number of rotatable bonds is 4. The average Bonchev–Trinajstić information content (AvgIpc) is 3.03. The molecule has 96 valence electrons. The first kappa shape index (κ1) is 12.9. The summed E-state index contributed by atoms with van der Waals surface area (Å²) in [5, 5.41) is 9.68. The first-order valence-electron chi connectivity index (χ1n) is 6.67. The van der Waals surface area contributed by atoms with Crippen molar-refractivity contribution in [1.82, 2.24) is 0 Å². The van der Waals surface area contributed by atoms with Crippen molar-refractivity contribution in [3.8, 4) is 6.07 Å². The van der Waals surface area contributed by atoms with Gasteiger partial charge in [0.2, 0.25) is 0 Å². The Bertz CT molecular complexity index is 395. The summed E-state index contributed by atoms with van der Waals surface area (Å²) >= 11 is 0. The zero-order valence-corrected chi connectivity index (χ0v) is 10.8. The predicted octanol–water partition coefficient (Wildman–Crippen LogP) is 2.99. The van der Waals surface area contributed by atoms with Crippen LogP contribution < -0.4 is 0 Å². The van der Waals surface area contributed by atoms with Crippen LogP contribution in [0.25, 0.3) is 0 Å². The van der Waals surface area contributed by atoms with Crippen LogP contribution in [0.5, 0.6) is 0 Å². The number of hydrogen-bond donors (Lipinski definition) is 0. The summed E-state index contributed by atoms with van der Waals surface area (Å²) in [6.45, 7) is 2.12. The molecule has 0 aromatic rings. The molecule has 0 saturated heterocycles. The molecule has 2 aliphatic carbocycles. The fourth-order valence-electron chi connectivity index (χ4n) is 3.06. The third-order valence-electron chi connectivity index (χ3n) is 3.99. The molecule has 0 spiro atoms. The molecule has 2 atom stereocenters. The smallest absolute Gasteiger partial charge is 0.327 e. The average molecular weight is 245 g/mol. The number of carbonyl (C=O) groups is 1. The molecule has 0 saturated carbocycles. The van der Waals surface area contributed by atoms with Crippen LogP contribution in [0.2, 0.25) is 0 Å². The Hall–Kier alpha value is -1.56. The van der Waals surface area contributed by atoms with Gasteiger partial charge in [0, 0.05) is 11.8 Å². The lowest BCUT2D eigenvalue weighted by molar-refractivity contribution is -0.156. The van der Waals surface area contributed by atoms with E-state index < -0.39 is 5.41 Å². The number of hydrogen-bond acceptors (Lipinski definition) is 3. The molecule has 0 fully saturated rings. The second kappa shape index (κ2) is 5.39. The zero-order valence-electron chi connectivity index (χ0n) is 10.8. The Labute approximate surface area is 108 Å². The Morgan fingerprint density at radius 3 is 2.22 bits per heavy atom. The summed E-state index contributed by atoms with van der Waals surface area (Å²) in [6.07, 6.45) is 11.8. The lowest BCUT2D eigenvalue weighted by atomic mass is 9.66. The number of esters is 1. The van der Waals surface area contributed by atoms with Crippen molar-refractivity contribution in [3.63, 3.8) is 0 Å². The summed E-state index contributed by atoms with van der Waals surface area (Å²) in [7, 11) is 0. The first-order valence-corrected chi connectivity index (χ1v) is 6.67. The first-order chi connectivity index (χ1) is 8.75. The van der Waals surface area contributed by atoms with Crippen LogP contribution >= 0.6 is 0 Å². The molecule has 0 aliphatic heterocycles. The van der Waals surface area contributed by atoms with Crippen LogP contribution in [0.1, 0.15) is 32.6 Å². The van der Waals surface area contributed by atoms with Gasteiger partial charge < -0.3 is 4.74 Å². The van der Waals surface area contributed by atoms with E-state index in [1.165, 1.54) is 0 Å². The minimum absolute atomic E-state index is 0.00528. The van der Waals surface area contributed by atoms with E-state index >= 15 is 0 Å². The van der Waals surface area contributed by atoms with Gasteiger partial charge in [0.05, 0.1) is 12.7 Å². The van der Waals surface area contributed by atoms with E-state index in [-0.39, 0.29) is 17.8 Å². The second-order valence-electron chi connectivity index (χ2n) is 4.93. The van der Waals surface area contributed by atoms with E-state index in [1.807, 2.05) is 12.2 Å². The quantitative estimate of drug-likeness (QED) is 0.565. The molecular formula is C15H19NO2. The van der Waals surface area contributed by atoms with Gasteiger partial charge in [-0.25, -0.2) is 0 Å². The molecule has 0 N–H and O–H groups in total. The molecule has 0 aromatic heterocycles. The van der Waals surface area contributed by atoms with Gasteiger partial charge in [-0.1, -0.05) is 24.3 Å². The van der Waals surface area contributed by atoms with Crippen molar-refractivity contribution < 1.29 is 9.53 Å². The number of nitriles is 1. The normalized spacial score (nSPS) is 26.2. The van der Waals surface area contributed by atoms with Gasteiger partial charge in [-0.2, -0.15) is 5.26 Å².